The summed E-state index contributed by atoms with van der Waals surface area (Å²) in [5.41, 5.74) is 7.09. The maximum absolute atomic E-state index is 13.3. The Bertz CT molecular complexity index is 1340. The predicted molar refractivity (Wildman–Crippen MR) is 121 cm³/mol. The van der Waals surface area contributed by atoms with Gasteiger partial charge in [0, 0.05) is 7.05 Å². The normalized spacial score (nSPS) is 30.0. The van der Waals surface area contributed by atoms with Crippen LogP contribution in [0.5, 0.6) is 0 Å². The van der Waals surface area contributed by atoms with Crippen molar-refractivity contribution in [3.05, 3.63) is 95.1 Å². The van der Waals surface area contributed by atoms with Crippen LogP contribution in [0.2, 0.25) is 0 Å². The molecule has 1 aliphatic heterocycles. The molecule has 4 aromatic rings. The molecule has 8 rings (SSSR count). The summed E-state index contributed by atoms with van der Waals surface area (Å²) in [6.45, 7) is 0. The lowest BCUT2D eigenvalue weighted by molar-refractivity contribution is -0.140. The average molecular weight is 420 g/mol. The second-order valence-corrected chi connectivity index (χ2v) is 9.32. The number of fused-ring (bicyclic) bond motifs is 2. The number of nitrogens with zero attached hydrogens (tertiary/aromatic N) is 1. The highest BCUT2D eigenvalue weighted by atomic mass is 16.3. The highest BCUT2D eigenvalue weighted by Crippen LogP contribution is 2.64. The smallest absolute Gasteiger partial charge is 0.236 e. The molecule has 2 atom stereocenters. The van der Waals surface area contributed by atoms with E-state index in [9.17, 15) is 14.7 Å². The van der Waals surface area contributed by atoms with E-state index in [1.54, 1.807) is 0 Å². The van der Waals surface area contributed by atoms with Gasteiger partial charge < -0.3 is 10.8 Å². The van der Waals surface area contributed by atoms with E-state index in [1.165, 1.54) is 7.05 Å². The standard InChI is InChI=1S/C27H20N2O3/c1-29-24(30)22-23(25(29)31)27(32)20-12-16-8-4-2-6-14(16)10-18(20)26(22,28)19-11-15-7-3-5-9-17(15)13-21(19)27/h2-13,22-23,32H,28H2,1H3/t22-,23+,26?,27?/m0/s1. The van der Waals surface area contributed by atoms with Crippen LogP contribution >= 0.6 is 0 Å². The summed E-state index contributed by atoms with van der Waals surface area (Å²) >= 11 is 0. The van der Waals surface area contributed by atoms with Gasteiger partial charge in [0.05, 0.1) is 17.4 Å². The summed E-state index contributed by atoms with van der Waals surface area (Å²) in [6, 6.07) is 23.6. The Morgan fingerprint density at radius 2 is 1.09 bits per heavy atom. The number of aliphatic hydroxyl groups is 1. The molecule has 3 aliphatic carbocycles. The molecule has 156 valence electrons. The number of hydrogen-bond donors (Lipinski definition) is 2. The minimum absolute atomic E-state index is 0.335. The SMILES string of the molecule is CN1C(=O)[C@@H]2[C@H](C1=O)C1(O)c3cc4ccccc4cc3C2(N)c2cc3ccccc3cc21. The summed E-state index contributed by atoms with van der Waals surface area (Å²) in [4.78, 5) is 27.8. The molecular weight excluding hydrogens is 400 g/mol. The second kappa shape index (κ2) is 5.44. The number of rotatable bonds is 0. The summed E-state index contributed by atoms with van der Waals surface area (Å²) in [6.07, 6.45) is 0. The topological polar surface area (TPSA) is 83.6 Å². The Hall–Kier alpha value is -3.54. The van der Waals surface area contributed by atoms with Crippen molar-refractivity contribution < 1.29 is 14.7 Å². The van der Waals surface area contributed by atoms with Gasteiger partial charge in [-0.2, -0.15) is 0 Å². The first-order chi connectivity index (χ1) is 15.4. The molecule has 1 saturated heterocycles. The Kier molecular flexibility index (Phi) is 3.07. The Morgan fingerprint density at radius 3 is 1.53 bits per heavy atom. The lowest BCUT2D eigenvalue weighted by Gasteiger charge is -2.56. The van der Waals surface area contributed by atoms with Crippen LogP contribution in [0.1, 0.15) is 22.3 Å². The molecule has 0 saturated carbocycles. The maximum atomic E-state index is 13.3. The lowest BCUT2D eigenvalue weighted by Crippen LogP contribution is -2.65. The molecule has 1 fully saturated rings. The Morgan fingerprint density at radius 1 is 0.719 bits per heavy atom. The molecule has 0 radical (unpaired) electrons. The van der Waals surface area contributed by atoms with Crippen LogP contribution in [0.4, 0.5) is 0 Å². The van der Waals surface area contributed by atoms with E-state index in [2.05, 4.69) is 0 Å². The summed E-state index contributed by atoms with van der Waals surface area (Å²) < 4.78 is 0. The fraction of sp³-hybridized carbons (Fsp3) is 0.185. The van der Waals surface area contributed by atoms with Gasteiger partial charge in [0.2, 0.25) is 11.8 Å². The Balaban J connectivity index is 1.69. The van der Waals surface area contributed by atoms with Crippen LogP contribution < -0.4 is 5.73 Å². The Labute approximate surface area is 184 Å². The van der Waals surface area contributed by atoms with Crippen LogP contribution in [0.25, 0.3) is 21.5 Å². The number of amides is 2. The van der Waals surface area contributed by atoms with Crippen molar-refractivity contribution in [3.63, 3.8) is 0 Å². The molecule has 1 heterocycles. The number of carbonyl (C=O) groups excluding carboxylic acids is 2. The van der Waals surface area contributed by atoms with E-state index in [4.69, 9.17) is 5.73 Å². The number of imide groups is 1. The summed E-state index contributed by atoms with van der Waals surface area (Å²) in [7, 11) is 1.48. The van der Waals surface area contributed by atoms with E-state index in [-0.39, 0.29) is 11.8 Å². The summed E-state index contributed by atoms with van der Waals surface area (Å²) in [5.74, 6) is -2.52. The van der Waals surface area contributed by atoms with E-state index >= 15 is 0 Å². The van der Waals surface area contributed by atoms with Crippen molar-refractivity contribution in [2.24, 2.45) is 17.6 Å². The molecule has 2 bridgehead atoms. The zero-order valence-corrected chi connectivity index (χ0v) is 17.4. The molecule has 2 amide bonds. The van der Waals surface area contributed by atoms with Crippen molar-refractivity contribution in [2.75, 3.05) is 7.05 Å². The highest BCUT2D eigenvalue weighted by Gasteiger charge is 2.72. The zero-order valence-electron chi connectivity index (χ0n) is 17.4. The van der Waals surface area contributed by atoms with Gasteiger partial charge in [0.25, 0.3) is 0 Å². The van der Waals surface area contributed by atoms with Gasteiger partial charge >= 0.3 is 0 Å². The van der Waals surface area contributed by atoms with Gasteiger partial charge in [-0.25, -0.2) is 0 Å². The molecule has 0 aromatic heterocycles. The van der Waals surface area contributed by atoms with Crippen molar-refractivity contribution in [1.29, 1.82) is 0 Å². The van der Waals surface area contributed by atoms with Crippen molar-refractivity contribution in [1.82, 2.24) is 4.90 Å². The molecule has 3 N–H and O–H groups in total. The van der Waals surface area contributed by atoms with E-state index in [1.807, 2.05) is 72.8 Å². The monoisotopic (exact) mass is 420 g/mol. The molecular formula is C27H20N2O3. The summed E-state index contributed by atoms with van der Waals surface area (Å²) in [5, 5.41) is 16.4. The zero-order chi connectivity index (χ0) is 22.0. The molecule has 5 nitrogen and oxygen atoms in total. The first-order valence-electron chi connectivity index (χ1n) is 10.8. The van der Waals surface area contributed by atoms with Crippen molar-refractivity contribution >= 4 is 33.4 Å². The van der Waals surface area contributed by atoms with Gasteiger partial charge in [-0.3, -0.25) is 14.5 Å². The second-order valence-electron chi connectivity index (χ2n) is 9.32. The molecule has 5 heteroatoms. The number of hydrogen-bond acceptors (Lipinski definition) is 4. The lowest BCUT2D eigenvalue weighted by atomic mass is 9.49. The predicted octanol–water partition coefficient (Wildman–Crippen LogP) is 2.99. The van der Waals surface area contributed by atoms with Crippen LogP contribution in [-0.4, -0.2) is 28.9 Å². The van der Waals surface area contributed by atoms with Crippen LogP contribution in [0.15, 0.2) is 72.8 Å². The number of benzene rings is 4. The third-order valence-electron chi connectivity index (χ3n) is 7.95. The fourth-order valence-electron chi connectivity index (χ4n) is 6.44. The highest BCUT2D eigenvalue weighted by molar-refractivity contribution is 6.09. The quantitative estimate of drug-likeness (QED) is 0.429. The first-order valence-corrected chi connectivity index (χ1v) is 10.8. The molecule has 4 aromatic carbocycles. The molecule has 0 spiro atoms. The maximum Gasteiger partial charge on any atom is 0.236 e. The third-order valence-corrected chi connectivity index (χ3v) is 7.95. The van der Waals surface area contributed by atoms with Crippen LogP contribution in [0.3, 0.4) is 0 Å². The molecule has 4 aliphatic rings. The first kappa shape index (κ1) is 18.1. The van der Waals surface area contributed by atoms with Crippen molar-refractivity contribution in [2.45, 2.75) is 11.1 Å². The largest absolute Gasteiger partial charge is 0.379 e. The minimum Gasteiger partial charge on any atom is -0.379 e. The van der Waals surface area contributed by atoms with Crippen molar-refractivity contribution in [3.8, 4) is 0 Å². The third kappa shape index (κ3) is 1.77. The van der Waals surface area contributed by atoms with Gasteiger partial charge in [0.1, 0.15) is 5.60 Å². The molecule has 0 unspecified atom stereocenters. The van der Waals surface area contributed by atoms with E-state index < -0.39 is 23.0 Å². The average Bonchev–Trinajstić information content (AvgIpc) is 3.05. The minimum atomic E-state index is -1.64. The van der Waals surface area contributed by atoms with E-state index in [0.717, 1.165) is 37.6 Å². The van der Waals surface area contributed by atoms with Gasteiger partial charge in [-0.15, -0.1) is 0 Å². The molecule has 32 heavy (non-hydrogen) atoms. The number of likely N-dealkylation sites (tertiary alicyclic amines) is 1. The van der Waals surface area contributed by atoms with Crippen LogP contribution in [-0.2, 0) is 20.7 Å². The number of carbonyl (C=O) groups is 2. The number of nitrogens with two attached hydrogens (primary N) is 1. The van der Waals surface area contributed by atoms with Crippen LogP contribution in [0, 0.1) is 11.8 Å². The van der Waals surface area contributed by atoms with Gasteiger partial charge in [-0.05, 0) is 68.1 Å². The van der Waals surface area contributed by atoms with E-state index in [0.29, 0.717) is 11.1 Å². The van der Waals surface area contributed by atoms with Gasteiger partial charge in [-0.1, -0.05) is 48.5 Å². The fourth-order valence-corrected chi connectivity index (χ4v) is 6.44. The van der Waals surface area contributed by atoms with Gasteiger partial charge in [0.15, 0.2) is 0 Å².